The van der Waals surface area contributed by atoms with Gasteiger partial charge in [-0.3, -0.25) is 0 Å². The third-order valence-corrected chi connectivity index (χ3v) is 2.54. The average Bonchev–Trinajstić information content (AvgIpc) is 1.83. The summed E-state index contributed by atoms with van der Waals surface area (Å²) in [6, 6.07) is 0. The van der Waals surface area contributed by atoms with Crippen LogP contribution in [0.15, 0.2) is 11.6 Å². The summed E-state index contributed by atoms with van der Waals surface area (Å²) in [5.41, 5.74) is 1.79. The van der Waals surface area contributed by atoms with E-state index in [1.165, 1.54) is 12.0 Å². The van der Waals surface area contributed by atoms with Crippen LogP contribution in [0.1, 0.15) is 48.0 Å². The molecule has 0 radical (unpaired) electrons. The zero-order chi connectivity index (χ0) is 9.07. The number of hydrogen-bond donors (Lipinski definition) is 0. The van der Waals surface area contributed by atoms with E-state index in [2.05, 4.69) is 47.6 Å². The summed E-state index contributed by atoms with van der Waals surface area (Å²) in [4.78, 5) is 0. The molecule has 0 nitrogen and oxygen atoms in total. The van der Waals surface area contributed by atoms with Gasteiger partial charge >= 0.3 is 0 Å². The smallest absolute Gasteiger partial charge is 0.0147 e. The highest BCUT2D eigenvalue weighted by Gasteiger charge is 2.20. The highest BCUT2D eigenvalue weighted by atomic mass is 14.3. The van der Waals surface area contributed by atoms with E-state index in [1.807, 2.05) is 0 Å². The Labute approximate surface area is 71.7 Å². The van der Waals surface area contributed by atoms with Crippen LogP contribution in [0.25, 0.3) is 0 Å². The van der Waals surface area contributed by atoms with Crippen LogP contribution < -0.4 is 0 Å². The molecule has 0 aromatic rings. The highest BCUT2D eigenvalue weighted by Crippen LogP contribution is 2.31. The summed E-state index contributed by atoms with van der Waals surface area (Å²) < 4.78 is 0. The Kier molecular flexibility index (Phi) is 3.85. The van der Waals surface area contributed by atoms with E-state index in [0.29, 0.717) is 5.41 Å². The van der Waals surface area contributed by atoms with Crippen molar-refractivity contribution in [3.8, 4) is 0 Å². The number of rotatable bonds is 3. The maximum Gasteiger partial charge on any atom is -0.0147 e. The molecule has 0 spiro atoms. The summed E-state index contributed by atoms with van der Waals surface area (Å²) in [5.74, 6) is 0.775. The van der Waals surface area contributed by atoms with Gasteiger partial charge in [0.15, 0.2) is 0 Å². The fraction of sp³-hybridized carbons (Fsp3) is 0.818. The van der Waals surface area contributed by atoms with Crippen molar-refractivity contribution in [2.75, 3.05) is 0 Å². The summed E-state index contributed by atoms with van der Waals surface area (Å²) in [6.07, 6.45) is 3.64. The molecule has 0 aliphatic rings. The minimum absolute atomic E-state index is 0.369. The van der Waals surface area contributed by atoms with Crippen molar-refractivity contribution in [3.05, 3.63) is 11.6 Å². The Hall–Kier alpha value is -0.260. The van der Waals surface area contributed by atoms with E-state index in [4.69, 9.17) is 0 Å². The molecular formula is C11H22. The Bertz CT molecular complexity index is 136. The minimum Gasteiger partial charge on any atom is -0.0799 e. The molecular weight excluding hydrogens is 132 g/mol. The second kappa shape index (κ2) is 3.94. The SMILES string of the molecule is CCC(C)C(C)(C)C=C(C)C. The molecule has 0 N–H and O–H groups in total. The van der Waals surface area contributed by atoms with Gasteiger partial charge in [0.1, 0.15) is 0 Å². The topological polar surface area (TPSA) is 0 Å². The van der Waals surface area contributed by atoms with Gasteiger partial charge in [0.05, 0.1) is 0 Å². The van der Waals surface area contributed by atoms with Crippen LogP contribution in [-0.4, -0.2) is 0 Å². The van der Waals surface area contributed by atoms with Crippen molar-refractivity contribution in [1.29, 1.82) is 0 Å². The molecule has 0 saturated carbocycles. The first-order valence-corrected chi connectivity index (χ1v) is 4.56. The Morgan fingerprint density at radius 3 is 2.09 bits per heavy atom. The molecule has 0 aromatic carbocycles. The lowest BCUT2D eigenvalue weighted by atomic mass is 9.77. The molecule has 0 fully saturated rings. The second-order valence-corrected chi connectivity index (χ2v) is 4.35. The third-order valence-electron chi connectivity index (χ3n) is 2.54. The van der Waals surface area contributed by atoms with Gasteiger partial charge < -0.3 is 0 Å². The van der Waals surface area contributed by atoms with Gasteiger partial charge in [-0.25, -0.2) is 0 Å². The van der Waals surface area contributed by atoms with Gasteiger partial charge in [-0.05, 0) is 25.2 Å². The molecule has 1 unspecified atom stereocenters. The van der Waals surface area contributed by atoms with E-state index in [0.717, 1.165) is 5.92 Å². The molecule has 1 atom stereocenters. The van der Waals surface area contributed by atoms with E-state index < -0.39 is 0 Å². The van der Waals surface area contributed by atoms with Crippen molar-refractivity contribution in [1.82, 2.24) is 0 Å². The number of allylic oxidation sites excluding steroid dienone is 2. The van der Waals surface area contributed by atoms with Crippen LogP contribution in [0.5, 0.6) is 0 Å². The molecule has 0 bridgehead atoms. The maximum atomic E-state index is 2.38. The van der Waals surface area contributed by atoms with Crippen LogP contribution >= 0.6 is 0 Å². The molecule has 0 aliphatic carbocycles. The number of hydrogen-bond acceptors (Lipinski definition) is 0. The molecule has 0 rings (SSSR count). The summed E-state index contributed by atoms with van der Waals surface area (Å²) in [7, 11) is 0. The standard InChI is InChI=1S/C11H22/c1-7-10(4)11(5,6)8-9(2)3/h8,10H,7H2,1-6H3. The van der Waals surface area contributed by atoms with E-state index in [9.17, 15) is 0 Å². The van der Waals surface area contributed by atoms with Gasteiger partial charge in [0.25, 0.3) is 0 Å². The van der Waals surface area contributed by atoms with Crippen molar-refractivity contribution < 1.29 is 0 Å². The maximum absolute atomic E-state index is 2.38. The predicted octanol–water partition coefficient (Wildman–Crippen LogP) is 4.02. The summed E-state index contributed by atoms with van der Waals surface area (Å²) in [5, 5.41) is 0. The van der Waals surface area contributed by atoms with Crippen LogP contribution in [0.3, 0.4) is 0 Å². The van der Waals surface area contributed by atoms with Gasteiger partial charge in [0.2, 0.25) is 0 Å². The van der Waals surface area contributed by atoms with Crippen molar-refractivity contribution >= 4 is 0 Å². The van der Waals surface area contributed by atoms with E-state index >= 15 is 0 Å². The Balaban J connectivity index is 4.33. The normalized spacial score (nSPS) is 14.4. The zero-order valence-electron chi connectivity index (χ0n) is 8.86. The van der Waals surface area contributed by atoms with Gasteiger partial charge in [0, 0.05) is 0 Å². The second-order valence-electron chi connectivity index (χ2n) is 4.35. The van der Waals surface area contributed by atoms with Gasteiger partial charge in [-0.15, -0.1) is 0 Å². The summed E-state index contributed by atoms with van der Waals surface area (Å²) in [6.45, 7) is 13.5. The summed E-state index contributed by atoms with van der Waals surface area (Å²) >= 11 is 0. The first-order chi connectivity index (χ1) is 4.90. The van der Waals surface area contributed by atoms with Gasteiger partial charge in [-0.1, -0.05) is 45.8 Å². The molecule has 66 valence electrons. The van der Waals surface area contributed by atoms with Crippen LogP contribution in [0, 0.1) is 11.3 Å². The molecule has 0 saturated heterocycles. The fourth-order valence-electron chi connectivity index (χ4n) is 1.41. The van der Waals surface area contributed by atoms with Crippen LogP contribution in [-0.2, 0) is 0 Å². The van der Waals surface area contributed by atoms with Crippen molar-refractivity contribution in [3.63, 3.8) is 0 Å². The third kappa shape index (κ3) is 3.60. The first-order valence-electron chi connectivity index (χ1n) is 4.56. The van der Waals surface area contributed by atoms with Crippen molar-refractivity contribution in [2.24, 2.45) is 11.3 Å². The van der Waals surface area contributed by atoms with E-state index in [-0.39, 0.29) is 0 Å². The van der Waals surface area contributed by atoms with Crippen LogP contribution in [0.2, 0.25) is 0 Å². The Morgan fingerprint density at radius 1 is 1.36 bits per heavy atom. The zero-order valence-corrected chi connectivity index (χ0v) is 8.86. The monoisotopic (exact) mass is 154 g/mol. The lowest BCUT2D eigenvalue weighted by Gasteiger charge is -2.28. The van der Waals surface area contributed by atoms with Gasteiger partial charge in [-0.2, -0.15) is 0 Å². The molecule has 0 amide bonds. The molecule has 0 aromatic heterocycles. The minimum atomic E-state index is 0.369. The van der Waals surface area contributed by atoms with Crippen LogP contribution in [0.4, 0.5) is 0 Å². The lowest BCUT2D eigenvalue weighted by molar-refractivity contribution is 0.297. The average molecular weight is 154 g/mol. The van der Waals surface area contributed by atoms with E-state index in [1.54, 1.807) is 0 Å². The Morgan fingerprint density at radius 2 is 1.82 bits per heavy atom. The highest BCUT2D eigenvalue weighted by molar-refractivity contribution is 5.03. The molecule has 0 aliphatic heterocycles. The van der Waals surface area contributed by atoms with Crippen molar-refractivity contribution in [2.45, 2.75) is 48.0 Å². The largest absolute Gasteiger partial charge is 0.0799 e. The molecule has 0 heteroatoms. The molecule has 11 heavy (non-hydrogen) atoms. The first kappa shape index (κ1) is 10.7. The predicted molar refractivity (Wildman–Crippen MR) is 52.7 cm³/mol. The molecule has 0 heterocycles. The fourth-order valence-corrected chi connectivity index (χ4v) is 1.41. The quantitative estimate of drug-likeness (QED) is 0.538. The lowest BCUT2D eigenvalue weighted by Crippen LogP contribution is -2.18.